The SMILES string of the molecule is C#Cc1cccc2c1-c1c(C#C)cccc1C2(c1ccc(Oc2ccc(N)c(O)c2)cc1)c1ccc(Oc2ccc(N)c(O)c2)cc1. The molecule has 0 fully saturated rings. The first kappa shape index (κ1) is 29.0. The topological polar surface area (TPSA) is 111 Å². The average molecular weight is 613 g/mol. The lowest BCUT2D eigenvalue weighted by Crippen LogP contribution is -2.28. The van der Waals surface area contributed by atoms with Gasteiger partial charge >= 0.3 is 0 Å². The number of phenolic OH excluding ortho intramolecular Hbond substituents is 2. The summed E-state index contributed by atoms with van der Waals surface area (Å²) in [7, 11) is 0. The number of nitrogen functional groups attached to an aromatic ring is 2. The van der Waals surface area contributed by atoms with Gasteiger partial charge in [-0.05, 0) is 82.9 Å². The van der Waals surface area contributed by atoms with Crippen molar-refractivity contribution >= 4 is 11.4 Å². The van der Waals surface area contributed by atoms with Crippen LogP contribution in [0.5, 0.6) is 34.5 Å². The zero-order chi connectivity index (χ0) is 32.7. The molecule has 0 aromatic heterocycles. The van der Waals surface area contributed by atoms with Gasteiger partial charge in [-0.25, -0.2) is 0 Å². The maximum absolute atomic E-state index is 10.1. The highest BCUT2D eigenvalue weighted by Gasteiger charge is 2.47. The van der Waals surface area contributed by atoms with Crippen molar-refractivity contribution in [1.82, 2.24) is 0 Å². The summed E-state index contributed by atoms with van der Waals surface area (Å²) in [6.07, 6.45) is 12.2. The van der Waals surface area contributed by atoms with Crippen LogP contribution in [-0.4, -0.2) is 10.2 Å². The minimum atomic E-state index is -0.805. The first-order chi connectivity index (χ1) is 22.8. The summed E-state index contributed by atoms with van der Waals surface area (Å²) in [5, 5.41) is 20.1. The predicted molar refractivity (Wildman–Crippen MR) is 185 cm³/mol. The van der Waals surface area contributed by atoms with Gasteiger partial charge in [-0.1, -0.05) is 60.4 Å². The summed E-state index contributed by atoms with van der Waals surface area (Å²) in [6, 6.07) is 37.2. The Kier molecular flexibility index (Phi) is 6.97. The van der Waals surface area contributed by atoms with Gasteiger partial charge in [0, 0.05) is 34.4 Å². The number of nitrogens with two attached hydrogens (primary N) is 2. The van der Waals surface area contributed by atoms with Crippen molar-refractivity contribution in [1.29, 1.82) is 0 Å². The van der Waals surface area contributed by atoms with E-state index in [9.17, 15) is 10.2 Å². The largest absolute Gasteiger partial charge is 0.506 e. The average Bonchev–Trinajstić information content (AvgIpc) is 3.40. The van der Waals surface area contributed by atoms with Gasteiger partial charge in [0.2, 0.25) is 0 Å². The van der Waals surface area contributed by atoms with Crippen LogP contribution in [0.3, 0.4) is 0 Å². The molecule has 6 heteroatoms. The van der Waals surface area contributed by atoms with E-state index in [1.54, 1.807) is 24.3 Å². The van der Waals surface area contributed by atoms with Crippen molar-refractivity contribution in [3.63, 3.8) is 0 Å². The molecule has 0 saturated heterocycles. The summed E-state index contributed by atoms with van der Waals surface area (Å²) < 4.78 is 12.1. The number of hydrogen-bond donors (Lipinski definition) is 4. The number of ether oxygens (including phenoxy) is 2. The lowest BCUT2D eigenvalue weighted by Gasteiger charge is -2.34. The van der Waals surface area contributed by atoms with Gasteiger partial charge in [-0.15, -0.1) is 12.8 Å². The third-order valence-corrected chi connectivity index (χ3v) is 8.55. The molecule has 0 radical (unpaired) electrons. The molecule has 6 N–H and O–H groups in total. The fourth-order valence-electron chi connectivity index (χ4n) is 6.43. The maximum atomic E-state index is 10.1. The molecule has 0 unspecified atom stereocenters. The molecule has 6 aromatic carbocycles. The van der Waals surface area contributed by atoms with Gasteiger partial charge < -0.3 is 31.2 Å². The van der Waals surface area contributed by atoms with E-state index in [4.69, 9.17) is 33.8 Å². The highest BCUT2D eigenvalue weighted by atomic mass is 16.5. The Labute approximate surface area is 272 Å². The molecule has 6 nitrogen and oxygen atoms in total. The van der Waals surface area contributed by atoms with Crippen LogP contribution in [0.15, 0.2) is 121 Å². The molecule has 0 atom stereocenters. The third kappa shape index (κ3) is 4.73. The van der Waals surface area contributed by atoms with Crippen molar-refractivity contribution in [2.45, 2.75) is 5.41 Å². The van der Waals surface area contributed by atoms with Crippen LogP contribution < -0.4 is 20.9 Å². The van der Waals surface area contributed by atoms with Crippen molar-refractivity contribution in [2.75, 3.05) is 11.5 Å². The van der Waals surface area contributed by atoms with E-state index >= 15 is 0 Å². The van der Waals surface area contributed by atoms with E-state index in [0.29, 0.717) is 23.0 Å². The van der Waals surface area contributed by atoms with Crippen LogP contribution in [0.1, 0.15) is 33.4 Å². The molecule has 0 heterocycles. The summed E-state index contributed by atoms with van der Waals surface area (Å²) in [6.45, 7) is 0. The van der Waals surface area contributed by atoms with Gasteiger partial charge in [-0.2, -0.15) is 0 Å². The van der Waals surface area contributed by atoms with Crippen molar-refractivity contribution in [3.05, 3.63) is 155 Å². The normalized spacial score (nSPS) is 12.3. The highest BCUT2D eigenvalue weighted by molar-refractivity contribution is 5.92. The van der Waals surface area contributed by atoms with E-state index in [0.717, 1.165) is 44.5 Å². The smallest absolute Gasteiger partial charge is 0.142 e. The van der Waals surface area contributed by atoms with E-state index in [1.165, 1.54) is 12.1 Å². The lowest BCUT2D eigenvalue weighted by molar-refractivity contribution is 0.456. The van der Waals surface area contributed by atoms with E-state index in [-0.39, 0.29) is 22.9 Å². The summed E-state index contributed by atoms with van der Waals surface area (Å²) in [4.78, 5) is 0. The van der Waals surface area contributed by atoms with Crippen LogP contribution in [0.25, 0.3) is 11.1 Å². The molecule has 0 amide bonds. The van der Waals surface area contributed by atoms with Crippen LogP contribution in [0, 0.1) is 24.7 Å². The summed E-state index contributed by atoms with van der Waals surface area (Å²) in [5.41, 5.74) is 18.5. The van der Waals surface area contributed by atoms with Crippen molar-refractivity contribution in [3.8, 4) is 70.3 Å². The molecule has 0 bridgehead atoms. The van der Waals surface area contributed by atoms with Crippen molar-refractivity contribution in [2.24, 2.45) is 0 Å². The van der Waals surface area contributed by atoms with Gasteiger partial charge in [0.1, 0.15) is 34.5 Å². The molecule has 0 saturated carbocycles. The summed E-state index contributed by atoms with van der Waals surface area (Å²) >= 11 is 0. The fraction of sp³-hybridized carbons (Fsp3) is 0.0244. The van der Waals surface area contributed by atoms with Crippen LogP contribution in [-0.2, 0) is 5.41 Å². The fourth-order valence-corrected chi connectivity index (χ4v) is 6.43. The Bertz CT molecular complexity index is 2100. The maximum Gasteiger partial charge on any atom is 0.142 e. The van der Waals surface area contributed by atoms with Crippen molar-refractivity contribution < 1.29 is 19.7 Å². The first-order valence-corrected chi connectivity index (χ1v) is 14.8. The molecular formula is C41H28N2O4. The number of fused-ring (bicyclic) bond motifs is 3. The van der Waals surface area contributed by atoms with Crippen LogP contribution in [0.4, 0.5) is 11.4 Å². The molecule has 6 aromatic rings. The zero-order valence-electron chi connectivity index (χ0n) is 25.1. The second-order valence-electron chi connectivity index (χ2n) is 11.2. The van der Waals surface area contributed by atoms with E-state index in [1.807, 2.05) is 72.8 Å². The Morgan fingerprint density at radius 1 is 0.511 bits per heavy atom. The molecule has 7 rings (SSSR count). The van der Waals surface area contributed by atoms with Gasteiger partial charge in [-0.3, -0.25) is 0 Å². The number of benzene rings is 6. The number of hydrogen-bond acceptors (Lipinski definition) is 6. The number of anilines is 2. The highest BCUT2D eigenvalue weighted by Crippen LogP contribution is 2.58. The van der Waals surface area contributed by atoms with Gasteiger partial charge in [0.05, 0.1) is 16.8 Å². The molecule has 1 aliphatic carbocycles. The Morgan fingerprint density at radius 2 is 0.894 bits per heavy atom. The lowest BCUT2D eigenvalue weighted by atomic mass is 9.67. The van der Waals surface area contributed by atoms with Gasteiger partial charge in [0.25, 0.3) is 0 Å². The van der Waals surface area contributed by atoms with E-state index < -0.39 is 5.41 Å². The minimum Gasteiger partial charge on any atom is -0.506 e. The molecule has 0 aliphatic heterocycles. The molecule has 0 spiro atoms. The Balaban J connectivity index is 1.40. The number of terminal acetylenes is 2. The zero-order valence-corrected chi connectivity index (χ0v) is 25.1. The second kappa shape index (κ2) is 11.3. The molecule has 226 valence electrons. The number of rotatable bonds is 6. The Morgan fingerprint density at radius 3 is 1.26 bits per heavy atom. The number of phenols is 2. The first-order valence-electron chi connectivity index (χ1n) is 14.8. The van der Waals surface area contributed by atoms with Crippen LogP contribution in [0.2, 0.25) is 0 Å². The standard InChI is InChI=1S/C41H28N2O4/c1-3-25-7-5-9-33-39(25)40-26(4-2)8-6-10-34(40)41(33,27-11-15-29(16-12-27)46-31-19-21-35(42)37(44)23-31)28-13-17-30(18-14-28)47-32-20-22-36(43)38(45)24-32/h1-2,5-24,44-45H,42-43H2. The summed E-state index contributed by atoms with van der Waals surface area (Å²) in [5.74, 6) is 7.74. The third-order valence-electron chi connectivity index (χ3n) is 8.55. The number of aromatic hydroxyl groups is 2. The predicted octanol–water partition coefficient (Wildman–Crippen LogP) is 8.17. The second-order valence-corrected chi connectivity index (χ2v) is 11.2. The quantitative estimate of drug-likeness (QED) is 0.0857. The van der Waals surface area contributed by atoms with Crippen LogP contribution >= 0.6 is 0 Å². The molecular weight excluding hydrogens is 584 g/mol. The van der Waals surface area contributed by atoms with E-state index in [2.05, 4.69) is 24.0 Å². The Hall–Kier alpha value is -6.76. The minimum absolute atomic E-state index is 0.0495. The van der Waals surface area contributed by atoms with Gasteiger partial charge in [0.15, 0.2) is 0 Å². The molecule has 1 aliphatic rings. The monoisotopic (exact) mass is 612 g/mol. The molecule has 47 heavy (non-hydrogen) atoms.